The Bertz CT molecular complexity index is 1400. The maximum Gasteiger partial charge on any atom is 0.330 e. The van der Waals surface area contributed by atoms with Gasteiger partial charge in [-0.15, -0.1) is 0 Å². The number of fused-ring (bicyclic) bond motifs is 3. The highest BCUT2D eigenvalue weighted by atomic mass is 16.5. The second kappa shape index (κ2) is 7.65. The van der Waals surface area contributed by atoms with E-state index in [0.29, 0.717) is 39.5 Å². The number of carbonyl (C=O) groups is 1. The van der Waals surface area contributed by atoms with Crippen molar-refractivity contribution in [3.63, 3.8) is 0 Å². The van der Waals surface area contributed by atoms with E-state index in [2.05, 4.69) is 10.3 Å². The Morgan fingerprint density at radius 1 is 0.969 bits per heavy atom. The summed E-state index contributed by atoms with van der Waals surface area (Å²) in [5.74, 6) is 0.0408. The number of para-hydroxylation sites is 1. The number of methoxy groups -OCH3 is 2. The summed E-state index contributed by atoms with van der Waals surface area (Å²) in [7, 11) is 3.09. The third kappa shape index (κ3) is 2.84. The van der Waals surface area contributed by atoms with Crippen LogP contribution in [0.5, 0.6) is 5.75 Å². The number of rotatable bonds is 5. The highest BCUT2D eigenvalue weighted by Gasteiger charge is 2.43. The lowest BCUT2D eigenvalue weighted by molar-refractivity contribution is 0.103. The first-order chi connectivity index (χ1) is 15.6. The monoisotopic (exact) mass is 431 g/mol. The van der Waals surface area contributed by atoms with E-state index in [0.717, 1.165) is 5.56 Å². The van der Waals surface area contributed by atoms with Crippen LogP contribution in [0.3, 0.4) is 0 Å². The van der Waals surface area contributed by atoms with Gasteiger partial charge in [0.15, 0.2) is 5.78 Å². The SMILES string of the molecule is COCCn1c2c(c(=O)[nH]c1=O)[C@H](c1ccccc1OC)C1=C(N2)c2ccccc2C1=O. The quantitative estimate of drug-likeness (QED) is 0.643. The third-order valence-electron chi connectivity index (χ3n) is 5.98. The van der Waals surface area contributed by atoms with Crippen molar-refractivity contribution in [1.29, 1.82) is 0 Å². The van der Waals surface area contributed by atoms with Crippen molar-refractivity contribution < 1.29 is 14.3 Å². The van der Waals surface area contributed by atoms with E-state index >= 15 is 0 Å². The first-order valence-corrected chi connectivity index (χ1v) is 10.2. The van der Waals surface area contributed by atoms with Gasteiger partial charge in [-0.25, -0.2) is 4.79 Å². The molecule has 8 nitrogen and oxygen atoms in total. The molecule has 0 saturated heterocycles. The highest BCUT2D eigenvalue weighted by Crippen LogP contribution is 2.49. The lowest BCUT2D eigenvalue weighted by Crippen LogP contribution is -2.39. The summed E-state index contributed by atoms with van der Waals surface area (Å²) < 4.78 is 12.2. The average molecular weight is 431 g/mol. The number of carbonyl (C=O) groups excluding carboxylic acids is 1. The topological polar surface area (TPSA) is 102 Å². The molecule has 8 heteroatoms. The smallest absolute Gasteiger partial charge is 0.330 e. The van der Waals surface area contributed by atoms with E-state index in [-0.39, 0.29) is 18.9 Å². The normalized spacial score (nSPS) is 16.3. The fourth-order valence-corrected chi connectivity index (χ4v) is 4.58. The van der Waals surface area contributed by atoms with Gasteiger partial charge in [0.05, 0.1) is 37.4 Å². The van der Waals surface area contributed by atoms with Gasteiger partial charge in [-0.1, -0.05) is 42.5 Å². The number of hydrogen-bond acceptors (Lipinski definition) is 6. The van der Waals surface area contributed by atoms with Gasteiger partial charge in [-0.05, 0) is 6.07 Å². The molecule has 0 bridgehead atoms. The van der Waals surface area contributed by atoms with Gasteiger partial charge in [0.2, 0.25) is 0 Å². The zero-order valence-corrected chi connectivity index (χ0v) is 17.6. The Kier molecular flexibility index (Phi) is 4.79. The molecule has 0 spiro atoms. The molecule has 1 atom stereocenters. The number of benzene rings is 2. The van der Waals surface area contributed by atoms with Crippen LogP contribution in [0.4, 0.5) is 5.82 Å². The number of ketones is 1. The second-order valence-corrected chi connectivity index (χ2v) is 7.63. The lowest BCUT2D eigenvalue weighted by atomic mass is 9.81. The van der Waals surface area contributed by atoms with Crippen molar-refractivity contribution in [1.82, 2.24) is 9.55 Å². The zero-order valence-electron chi connectivity index (χ0n) is 17.6. The van der Waals surface area contributed by atoms with E-state index in [1.54, 1.807) is 26.4 Å². The first-order valence-electron chi connectivity index (χ1n) is 10.2. The molecule has 0 fully saturated rings. The molecule has 1 aromatic heterocycles. The van der Waals surface area contributed by atoms with Crippen molar-refractivity contribution in [2.75, 3.05) is 26.1 Å². The molecule has 1 aliphatic heterocycles. The molecule has 0 unspecified atom stereocenters. The molecular weight excluding hydrogens is 410 g/mol. The molecule has 162 valence electrons. The van der Waals surface area contributed by atoms with Gasteiger partial charge >= 0.3 is 5.69 Å². The summed E-state index contributed by atoms with van der Waals surface area (Å²) >= 11 is 0. The van der Waals surface area contributed by atoms with Gasteiger partial charge in [-0.3, -0.25) is 19.1 Å². The molecule has 3 aromatic rings. The van der Waals surface area contributed by atoms with Crippen LogP contribution in [0, 0.1) is 0 Å². The van der Waals surface area contributed by atoms with Crippen molar-refractivity contribution in [2.24, 2.45) is 0 Å². The molecule has 1 aliphatic carbocycles. The predicted molar refractivity (Wildman–Crippen MR) is 119 cm³/mol. The fourth-order valence-electron chi connectivity index (χ4n) is 4.58. The molecule has 32 heavy (non-hydrogen) atoms. The molecule has 5 rings (SSSR count). The number of aromatic nitrogens is 2. The average Bonchev–Trinajstić information content (AvgIpc) is 3.09. The van der Waals surface area contributed by atoms with E-state index < -0.39 is 17.2 Å². The maximum atomic E-state index is 13.5. The Morgan fingerprint density at radius 3 is 2.44 bits per heavy atom. The van der Waals surface area contributed by atoms with E-state index in [1.807, 2.05) is 36.4 Å². The highest BCUT2D eigenvalue weighted by molar-refractivity contribution is 6.23. The minimum Gasteiger partial charge on any atom is -0.496 e. The van der Waals surface area contributed by atoms with E-state index in [4.69, 9.17) is 9.47 Å². The number of nitrogens with zero attached hydrogens (tertiary/aromatic N) is 1. The maximum absolute atomic E-state index is 13.5. The molecule has 2 heterocycles. The van der Waals surface area contributed by atoms with E-state index in [1.165, 1.54) is 4.57 Å². The van der Waals surface area contributed by atoms with Crippen molar-refractivity contribution in [3.8, 4) is 5.75 Å². The molecule has 0 amide bonds. The van der Waals surface area contributed by atoms with Crippen LogP contribution in [0.15, 0.2) is 63.7 Å². The van der Waals surface area contributed by atoms with Gasteiger partial charge in [0.1, 0.15) is 11.6 Å². The molecule has 2 aliphatic rings. The summed E-state index contributed by atoms with van der Waals surface area (Å²) in [6, 6.07) is 14.6. The molecular formula is C24H21N3O5. The fraction of sp³-hybridized carbons (Fsp3) is 0.208. The van der Waals surface area contributed by atoms with Gasteiger partial charge in [0, 0.05) is 29.4 Å². The predicted octanol–water partition coefficient (Wildman–Crippen LogP) is 2.36. The number of allylic oxidation sites excluding steroid dienone is 1. The number of anilines is 1. The Labute approximate surface area is 183 Å². The zero-order chi connectivity index (χ0) is 22.4. The number of nitrogens with one attached hydrogen (secondary N) is 2. The largest absolute Gasteiger partial charge is 0.496 e. The van der Waals surface area contributed by atoms with Crippen molar-refractivity contribution >= 4 is 17.3 Å². The Balaban J connectivity index is 1.85. The minimum atomic E-state index is -0.713. The molecule has 2 N–H and O–H groups in total. The number of aromatic amines is 1. The Hall–Kier alpha value is -3.91. The summed E-state index contributed by atoms with van der Waals surface area (Å²) in [5, 5.41) is 3.25. The lowest BCUT2D eigenvalue weighted by Gasteiger charge is -2.30. The minimum absolute atomic E-state index is 0.154. The van der Waals surface area contributed by atoms with Crippen LogP contribution in [0.25, 0.3) is 5.70 Å². The standard InChI is InChI=1S/C24H21N3O5/c1-31-12-11-27-22-19(23(29)26-24(27)30)17(15-9-5-6-10-16(15)32-2)18-20(25-22)13-7-3-4-8-14(13)21(18)28/h3-10,17,25H,11-12H2,1-2H3,(H,26,29,30)/t17-/m1/s1. The van der Waals surface area contributed by atoms with Crippen LogP contribution >= 0.6 is 0 Å². The summed E-state index contributed by atoms with van der Waals surface area (Å²) in [4.78, 5) is 41.8. The number of hydrogen-bond donors (Lipinski definition) is 2. The first kappa shape index (κ1) is 20.0. The Morgan fingerprint density at radius 2 is 1.69 bits per heavy atom. The molecule has 2 aromatic carbocycles. The van der Waals surface area contributed by atoms with Gasteiger partial charge in [-0.2, -0.15) is 0 Å². The van der Waals surface area contributed by atoms with Gasteiger partial charge < -0.3 is 14.8 Å². The number of Topliss-reactive ketones (excluding diaryl/α,β-unsaturated/α-hetero) is 1. The third-order valence-corrected chi connectivity index (χ3v) is 5.98. The molecule has 0 radical (unpaired) electrons. The van der Waals surface area contributed by atoms with Crippen molar-refractivity contribution in [3.05, 3.63) is 97.2 Å². The van der Waals surface area contributed by atoms with Crippen LogP contribution < -0.4 is 21.3 Å². The van der Waals surface area contributed by atoms with Crippen molar-refractivity contribution in [2.45, 2.75) is 12.5 Å². The second-order valence-electron chi connectivity index (χ2n) is 7.63. The summed E-state index contributed by atoms with van der Waals surface area (Å²) in [6.45, 7) is 0.513. The van der Waals surface area contributed by atoms with Crippen LogP contribution in [0.2, 0.25) is 0 Å². The van der Waals surface area contributed by atoms with Crippen LogP contribution in [-0.4, -0.2) is 36.2 Å². The number of ether oxygens (including phenoxy) is 2. The van der Waals surface area contributed by atoms with Crippen LogP contribution in [0.1, 0.15) is 33.0 Å². The van der Waals surface area contributed by atoms with E-state index in [9.17, 15) is 14.4 Å². The van der Waals surface area contributed by atoms with Crippen LogP contribution in [-0.2, 0) is 11.3 Å². The summed E-state index contributed by atoms with van der Waals surface area (Å²) in [6.07, 6.45) is 0. The number of H-pyrrole nitrogens is 1. The summed E-state index contributed by atoms with van der Waals surface area (Å²) in [5.41, 5.74) is 2.25. The molecule has 0 saturated carbocycles. The van der Waals surface area contributed by atoms with Gasteiger partial charge in [0.25, 0.3) is 5.56 Å².